The molecule has 1 heterocycles. The highest BCUT2D eigenvalue weighted by atomic mass is 32.2. The normalized spacial score (nSPS) is 16.9. The van der Waals surface area contributed by atoms with Gasteiger partial charge in [0.2, 0.25) is 0 Å². The first-order valence-corrected chi connectivity index (χ1v) is 14.1. The van der Waals surface area contributed by atoms with Gasteiger partial charge in [-0.05, 0) is 94.8 Å². The van der Waals surface area contributed by atoms with Crippen molar-refractivity contribution < 1.29 is 14.1 Å². The molecule has 1 saturated heterocycles. The van der Waals surface area contributed by atoms with Crippen molar-refractivity contribution in [3.8, 4) is 0 Å². The van der Waals surface area contributed by atoms with Gasteiger partial charge in [0.1, 0.15) is 0 Å². The van der Waals surface area contributed by atoms with Crippen LogP contribution in [0.3, 0.4) is 0 Å². The quantitative estimate of drug-likeness (QED) is 0.188. The van der Waals surface area contributed by atoms with E-state index in [0.29, 0.717) is 48.4 Å². The summed E-state index contributed by atoms with van der Waals surface area (Å²) in [7, 11) is 1.27. The molecule has 1 rings (SSSR count). The zero-order valence-corrected chi connectivity index (χ0v) is 23.2. The second-order valence-electron chi connectivity index (χ2n) is 9.64. The van der Waals surface area contributed by atoms with Crippen LogP contribution in [0.4, 0.5) is 0 Å². The summed E-state index contributed by atoms with van der Waals surface area (Å²) in [6.07, 6.45) is 2.80. The maximum atomic E-state index is 12.3. The average molecular weight is 478 g/mol. The van der Waals surface area contributed by atoms with E-state index in [0.717, 1.165) is 32.4 Å². The van der Waals surface area contributed by atoms with E-state index in [2.05, 4.69) is 76.7 Å². The van der Waals surface area contributed by atoms with Crippen LogP contribution < -0.4 is 0 Å². The van der Waals surface area contributed by atoms with Crippen LogP contribution >= 0.6 is 20.2 Å². The highest BCUT2D eigenvalue weighted by molar-refractivity contribution is 8.13. The number of hydrogen-bond acceptors (Lipinski definition) is 7. The third kappa shape index (κ3) is 10.4. The molecule has 1 aliphatic rings. The Morgan fingerprint density at radius 1 is 0.935 bits per heavy atom. The number of ether oxygens (including phenoxy) is 1. The molecule has 0 amide bonds. The largest absolute Gasteiger partial charge is 0.370 e. The fourth-order valence-corrected chi connectivity index (χ4v) is 7.23. The van der Waals surface area contributed by atoms with Gasteiger partial charge >= 0.3 is 0 Å². The van der Waals surface area contributed by atoms with E-state index in [1.807, 2.05) is 0 Å². The zero-order chi connectivity index (χ0) is 23.6. The van der Waals surface area contributed by atoms with Crippen LogP contribution in [-0.4, -0.2) is 82.8 Å². The lowest BCUT2D eigenvalue weighted by Crippen LogP contribution is -2.43. The Bertz CT molecular complexity index is 464. The third-order valence-electron chi connectivity index (χ3n) is 5.49. The predicted molar refractivity (Wildman–Crippen MR) is 135 cm³/mol. The Labute approximate surface area is 197 Å². The number of carbonyl (C=O) groups is 1. The fourth-order valence-electron chi connectivity index (χ4n) is 4.06. The first kappa shape index (κ1) is 29.3. The molecule has 1 fully saturated rings. The second-order valence-corrected chi connectivity index (χ2v) is 12.3. The minimum absolute atomic E-state index is 0.202. The Morgan fingerprint density at radius 2 is 1.42 bits per heavy atom. The van der Waals surface area contributed by atoms with Crippen LogP contribution in [0.25, 0.3) is 0 Å². The van der Waals surface area contributed by atoms with Crippen LogP contribution in [0.2, 0.25) is 0 Å². The number of likely N-dealkylation sites (tertiary alicyclic amines) is 1. The SMILES string of the molecule is CC(C)N(C(C)C)P(OCCCOCSC(=O)C1CCN(C)CC1)N(C(C)C)C(C)C. The van der Waals surface area contributed by atoms with Gasteiger partial charge in [0.15, 0.2) is 13.6 Å². The van der Waals surface area contributed by atoms with Crippen molar-refractivity contribution in [3.05, 3.63) is 0 Å². The topological polar surface area (TPSA) is 45.3 Å². The van der Waals surface area contributed by atoms with Crippen molar-refractivity contribution >= 4 is 25.3 Å². The Kier molecular flexibility index (Phi) is 14.4. The molecule has 0 aliphatic carbocycles. The van der Waals surface area contributed by atoms with Crippen molar-refractivity contribution in [1.82, 2.24) is 14.2 Å². The summed E-state index contributed by atoms with van der Waals surface area (Å²) in [4.78, 5) is 14.6. The molecule has 1 aliphatic heterocycles. The number of hydrogen-bond donors (Lipinski definition) is 0. The molecule has 0 unspecified atom stereocenters. The predicted octanol–water partition coefficient (Wildman–Crippen LogP) is 5.43. The van der Waals surface area contributed by atoms with E-state index in [4.69, 9.17) is 9.26 Å². The van der Waals surface area contributed by atoms with Crippen molar-refractivity contribution in [2.45, 2.75) is 98.8 Å². The molecule has 8 heteroatoms. The monoisotopic (exact) mass is 477 g/mol. The van der Waals surface area contributed by atoms with Crippen LogP contribution in [0, 0.1) is 5.92 Å². The number of nitrogens with zero attached hydrogens (tertiary/aromatic N) is 3. The van der Waals surface area contributed by atoms with Gasteiger partial charge in [-0.15, -0.1) is 0 Å². The molecule has 0 bridgehead atoms. The van der Waals surface area contributed by atoms with Crippen LogP contribution in [0.1, 0.15) is 74.7 Å². The van der Waals surface area contributed by atoms with Crippen molar-refractivity contribution in [2.75, 3.05) is 39.3 Å². The lowest BCUT2D eigenvalue weighted by molar-refractivity contribution is -0.115. The van der Waals surface area contributed by atoms with Gasteiger partial charge in [-0.25, -0.2) is 9.34 Å². The summed E-state index contributed by atoms with van der Waals surface area (Å²) >= 11 is 1.34. The van der Waals surface area contributed by atoms with E-state index in [1.165, 1.54) is 11.8 Å². The molecule has 0 saturated carbocycles. The molecule has 184 valence electrons. The molecule has 31 heavy (non-hydrogen) atoms. The van der Waals surface area contributed by atoms with E-state index in [9.17, 15) is 4.79 Å². The molecular weight excluding hydrogens is 429 g/mol. The molecule has 0 aromatic carbocycles. The molecule has 6 nitrogen and oxygen atoms in total. The van der Waals surface area contributed by atoms with Crippen LogP contribution in [0.5, 0.6) is 0 Å². The van der Waals surface area contributed by atoms with Gasteiger partial charge in [-0.3, -0.25) is 4.79 Å². The van der Waals surface area contributed by atoms with Gasteiger partial charge in [-0.2, -0.15) is 0 Å². The van der Waals surface area contributed by atoms with Crippen molar-refractivity contribution in [3.63, 3.8) is 0 Å². The highest BCUT2D eigenvalue weighted by Crippen LogP contribution is 2.50. The lowest BCUT2D eigenvalue weighted by Gasteiger charge is -2.45. The molecule has 0 atom stereocenters. The number of rotatable bonds is 14. The molecule has 0 radical (unpaired) electrons. The number of piperidine rings is 1. The molecule has 0 aromatic heterocycles. The minimum Gasteiger partial charge on any atom is -0.370 e. The molecule has 0 N–H and O–H groups in total. The van der Waals surface area contributed by atoms with Crippen LogP contribution in [-0.2, 0) is 14.1 Å². The second kappa shape index (κ2) is 15.2. The Morgan fingerprint density at radius 3 is 1.87 bits per heavy atom. The maximum absolute atomic E-state index is 12.3. The summed E-state index contributed by atoms with van der Waals surface area (Å²) in [5.74, 6) is 0.654. The van der Waals surface area contributed by atoms with E-state index < -0.39 is 8.45 Å². The Balaban J connectivity index is 2.43. The lowest BCUT2D eigenvalue weighted by atomic mass is 9.99. The van der Waals surface area contributed by atoms with Gasteiger partial charge in [0.05, 0.1) is 12.5 Å². The third-order valence-corrected chi connectivity index (χ3v) is 9.44. The van der Waals surface area contributed by atoms with E-state index in [-0.39, 0.29) is 5.92 Å². The van der Waals surface area contributed by atoms with Crippen molar-refractivity contribution in [1.29, 1.82) is 0 Å². The van der Waals surface area contributed by atoms with E-state index in [1.54, 1.807) is 0 Å². The van der Waals surface area contributed by atoms with Crippen LogP contribution in [0.15, 0.2) is 0 Å². The first-order valence-electron chi connectivity index (χ1n) is 12.0. The highest BCUT2D eigenvalue weighted by Gasteiger charge is 2.34. The molecule has 0 aromatic rings. The smallest absolute Gasteiger partial charge is 0.194 e. The summed E-state index contributed by atoms with van der Waals surface area (Å²) in [6, 6.07) is 1.68. The number of carbonyl (C=O) groups excluding carboxylic acids is 1. The molecular formula is C23H48N3O3PS. The van der Waals surface area contributed by atoms with Gasteiger partial charge in [0, 0.05) is 36.7 Å². The fraction of sp³-hybridized carbons (Fsp3) is 0.957. The van der Waals surface area contributed by atoms with Gasteiger partial charge in [-0.1, -0.05) is 11.8 Å². The molecule has 0 spiro atoms. The Hall–Kier alpha value is 0.250. The summed E-state index contributed by atoms with van der Waals surface area (Å²) in [5, 5.41) is 0.293. The maximum Gasteiger partial charge on any atom is 0.194 e. The summed E-state index contributed by atoms with van der Waals surface area (Å²) < 4.78 is 17.3. The first-order chi connectivity index (χ1) is 14.6. The minimum atomic E-state index is -0.845. The van der Waals surface area contributed by atoms with Gasteiger partial charge < -0.3 is 14.2 Å². The van der Waals surface area contributed by atoms with Crippen molar-refractivity contribution in [2.24, 2.45) is 5.92 Å². The van der Waals surface area contributed by atoms with E-state index >= 15 is 0 Å². The standard InChI is InChI=1S/C23H48N3O3PS/c1-18(2)25(19(3)4)30(26(20(5)6)21(7)8)29-16-10-15-28-17-31-23(27)22-11-13-24(9)14-12-22/h18-22H,10-17H2,1-9H3. The number of thioether (sulfide) groups is 1. The van der Waals surface area contributed by atoms with Gasteiger partial charge in [0.25, 0.3) is 0 Å². The zero-order valence-electron chi connectivity index (χ0n) is 21.5. The summed E-state index contributed by atoms with van der Waals surface area (Å²) in [5.41, 5.74) is 0. The average Bonchev–Trinajstić information content (AvgIpc) is 2.66. The summed E-state index contributed by atoms with van der Waals surface area (Å²) in [6.45, 7) is 21.3.